The van der Waals surface area contributed by atoms with Crippen LogP contribution in [0.2, 0.25) is 0 Å². The zero-order chi connectivity index (χ0) is 10.2. The van der Waals surface area contributed by atoms with E-state index in [4.69, 9.17) is 4.74 Å². The van der Waals surface area contributed by atoms with Gasteiger partial charge in [-0.3, -0.25) is 4.79 Å². The quantitative estimate of drug-likeness (QED) is 0.520. The highest BCUT2D eigenvalue weighted by molar-refractivity contribution is 5.71. The lowest BCUT2D eigenvalue weighted by Crippen LogP contribution is -2.26. The smallest absolute Gasteiger partial charge is 0.319 e. The number of H-pyrrole nitrogens is 1. The minimum Gasteiger partial charge on any atom is -0.465 e. The molecule has 0 saturated heterocycles. The van der Waals surface area contributed by atoms with Crippen molar-refractivity contribution in [2.45, 2.75) is 13.3 Å². The molecule has 0 aliphatic carbocycles. The van der Waals surface area contributed by atoms with Crippen LogP contribution in [0.4, 0.5) is 0 Å². The summed E-state index contributed by atoms with van der Waals surface area (Å²) in [6, 6.07) is 3.98. The Balaban J connectivity index is 2.02. The molecule has 4 heteroatoms. The van der Waals surface area contributed by atoms with Crippen molar-refractivity contribution >= 4 is 5.97 Å². The number of carbonyl (C=O) groups is 1. The van der Waals surface area contributed by atoms with Crippen molar-refractivity contribution in [3.05, 3.63) is 24.0 Å². The van der Waals surface area contributed by atoms with Crippen LogP contribution in [0.25, 0.3) is 0 Å². The van der Waals surface area contributed by atoms with Crippen molar-refractivity contribution in [1.29, 1.82) is 0 Å². The highest BCUT2D eigenvalue weighted by Gasteiger charge is 1.99. The molecule has 1 aromatic rings. The minimum atomic E-state index is -0.195. The lowest BCUT2D eigenvalue weighted by molar-refractivity contribution is -0.141. The first-order chi connectivity index (χ1) is 6.83. The molecule has 0 aromatic carbocycles. The van der Waals surface area contributed by atoms with Crippen LogP contribution in [0.3, 0.4) is 0 Å². The molecule has 0 fully saturated rings. The molecule has 0 saturated carbocycles. The monoisotopic (exact) mass is 196 g/mol. The van der Waals surface area contributed by atoms with Crippen LogP contribution < -0.4 is 5.32 Å². The van der Waals surface area contributed by atoms with Gasteiger partial charge in [0.2, 0.25) is 0 Å². The molecular formula is C10H16N2O2. The predicted molar refractivity (Wildman–Crippen MR) is 54.0 cm³/mol. The Morgan fingerprint density at radius 1 is 1.64 bits per heavy atom. The molecular weight excluding hydrogens is 180 g/mol. The van der Waals surface area contributed by atoms with E-state index in [-0.39, 0.29) is 12.5 Å². The van der Waals surface area contributed by atoms with Gasteiger partial charge < -0.3 is 15.0 Å². The van der Waals surface area contributed by atoms with E-state index in [1.807, 2.05) is 18.3 Å². The van der Waals surface area contributed by atoms with Crippen LogP contribution in [0.15, 0.2) is 18.3 Å². The lowest BCUT2D eigenvalue weighted by Gasteiger charge is -2.03. The molecule has 0 atom stereocenters. The van der Waals surface area contributed by atoms with Gasteiger partial charge in [-0.25, -0.2) is 0 Å². The van der Waals surface area contributed by atoms with Crippen molar-refractivity contribution in [2.75, 3.05) is 19.7 Å². The fraction of sp³-hybridized carbons (Fsp3) is 0.500. The van der Waals surface area contributed by atoms with E-state index < -0.39 is 0 Å². The first-order valence-corrected chi connectivity index (χ1v) is 4.81. The number of aromatic nitrogens is 1. The average molecular weight is 196 g/mol. The minimum absolute atomic E-state index is 0.195. The summed E-state index contributed by atoms with van der Waals surface area (Å²) in [4.78, 5) is 14.0. The Hall–Kier alpha value is -1.29. The molecule has 0 spiro atoms. The average Bonchev–Trinajstić information content (AvgIpc) is 2.65. The third-order valence-corrected chi connectivity index (χ3v) is 1.81. The van der Waals surface area contributed by atoms with Gasteiger partial charge in [-0.2, -0.15) is 0 Å². The maximum Gasteiger partial charge on any atom is 0.319 e. The van der Waals surface area contributed by atoms with Gasteiger partial charge in [-0.1, -0.05) is 0 Å². The number of ether oxygens (including phenoxy) is 1. The maximum absolute atomic E-state index is 10.9. The van der Waals surface area contributed by atoms with Gasteiger partial charge >= 0.3 is 5.97 Å². The van der Waals surface area contributed by atoms with E-state index in [0.29, 0.717) is 6.61 Å². The molecule has 1 aromatic heterocycles. The van der Waals surface area contributed by atoms with E-state index in [1.54, 1.807) is 6.92 Å². The fourth-order valence-corrected chi connectivity index (χ4v) is 1.15. The van der Waals surface area contributed by atoms with Gasteiger partial charge in [-0.15, -0.1) is 0 Å². The van der Waals surface area contributed by atoms with Gasteiger partial charge in [0.25, 0.3) is 0 Å². The van der Waals surface area contributed by atoms with Gasteiger partial charge in [-0.05, 0) is 25.5 Å². The summed E-state index contributed by atoms with van der Waals surface area (Å²) in [6.45, 7) is 3.31. The van der Waals surface area contributed by atoms with E-state index in [1.165, 1.54) is 5.69 Å². The Morgan fingerprint density at radius 3 is 3.14 bits per heavy atom. The molecule has 1 heterocycles. The molecule has 0 amide bonds. The standard InChI is InChI=1S/C10H16N2O2/c1-2-14-10(13)8-11-7-5-9-4-3-6-12-9/h3-4,6,11-12H,2,5,7-8H2,1H3. The maximum atomic E-state index is 10.9. The largest absolute Gasteiger partial charge is 0.465 e. The van der Waals surface area contributed by atoms with E-state index >= 15 is 0 Å². The number of aromatic amines is 1. The Bertz CT molecular complexity index is 257. The topological polar surface area (TPSA) is 54.1 Å². The summed E-state index contributed by atoms with van der Waals surface area (Å²) in [6.07, 6.45) is 2.78. The van der Waals surface area contributed by atoms with Crippen molar-refractivity contribution in [3.63, 3.8) is 0 Å². The zero-order valence-corrected chi connectivity index (χ0v) is 8.38. The molecule has 0 aliphatic heterocycles. The Labute approximate surface area is 83.7 Å². The number of rotatable bonds is 6. The molecule has 2 N–H and O–H groups in total. The van der Waals surface area contributed by atoms with Gasteiger partial charge in [0, 0.05) is 18.4 Å². The third-order valence-electron chi connectivity index (χ3n) is 1.81. The summed E-state index contributed by atoms with van der Waals surface area (Å²) in [5.41, 5.74) is 1.17. The summed E-state index contributed by atoms with van der Waals surface area (Å²) in [7, 11) is 0. The van der Waals surface area contributed by atoms with E-state index in [2.05, 4.69) is 10.3 Å². The second-order valence-electron chi connectivity index (χ2n) is 2.93. The van der Waals surface area contributed by atoms with Crippen molar-refractivity contribution in [1.82, 2.24) is 10.3 Å². The summed E-state index contributed by atoms with van der Waals surface area (Å²) in [5.74, 6) is -0.195. The second kappa shape index (κ2) is 6.21. The van der Waals surface area contributed by atoms with E-state index in [0.717, 1.165) is 13.0 Å². The molecule has 0 bridgehead atoms. The first kappa shape index (κ1) is 10.8. The summed E-state index contributed by atoms with van der Waals surface area (Å²) >= 11 is 0. The number of hydrogen-bond donors (Lipinski definition) is 2. The highest BCUT2D eigenvalue weighted by atomic mass is 16.5. The molecule has 14 heavy (non-hydrogen) atoms. The third kappa shape index (κ3) is 4.09. The number of hydrogen-bond acceptors (Lipinski definition) is 3. The number of esters is 1. The van der Waals surface area contributed by atoms with E-state index in [9.17, 15) is 4.79 Å². The molecule has 78 valence electrons. The first-order valence-electron chi connectivity index (χ1n) is 4.81. The van der Waals surface area contributed by atoms with Gasteiger partial charge in [0.05, 0.1) is 13.2 Å². The normalized spacial score (nSPS) is 10.1. The summed E-state index contributed by atoms with van der Waals surface area (Å²) < 4.78 is 4.77. The predicted octanol–water partition coefficient (Wildman–Crippen LogP) is 0.710. The van der Waals surface area contributed by atoms with Gasteiger partial charge in [0.15, 0.2) is 0 Å². The number of nitrogens with one attached hydrogen (secondary N) is 2. The van der Waals surface area contributed by atoms with Crippen LogP contribution in [0.1, 0.15) is 12.6 Å². The van der Waals surface area contributed by atoms with Crippen LogP contribution in [-0.2, 0) is 16.0 Å². The van der Waals surface area contributed by atoms with Crippen molar-refractivity contribution < 1.29 is 9.53 Å². The molecule has 0 radical (unpaired) electrons. The van der Waals surface area contributed by atoms with Crippen LogP contribution >= 0.6 is 0 Å². The zero-order valence-electron chi connectivity index (χ0n) is 8.38. The SMILES string of the molecule is CCOC(=O)CNCCc1ccc[nH]1. The Kier molecular flexibility index (Phi) is 4.78. The van der Waals surface area contributed by atoms with Crippen LogP contribution in [-0.4, -0.2) is 30.6 Å². The molecule has 0 unspecified atom stereocenters. The number of carbonyl (C=O) groups excluding carboxylic acids is 1. The fourth-order valence-electron chi connectivity index (χ4n) is 1.15. The highest BCUT2D eigenvalue weighted by Crippen LogP contribution is 1.93. The molecule has 4 nitrogen and oxygen atoms in total. The van der Waals surface area contributed by atoms with Crippen molar-refractivity contribution in [3.8, 4) is 0 Å². The molecule has 1 rings (SSSR count). The summed E-state index contributed by atoms with van der Waals surface area (Å²) in [5, 5.41) is 3.01. The van der Waals surface area contributed by atoms with Gasteiger partial charge in [0.1, 0.15) is 0 Å². The van der Waals surface area contributed by atoms with Crippen molar-refractivity contribution in [2.24, 2.45) is 0 Å². The lowest BCUT2D eigenvalue weighted by atomic mass is 10.3. The van der Waals surface area contributed by atoms with Crippen LogP contribution in [0.5, 0.6) is 0 Å². The van der Waals surface area contributed by atoms with Crippen LogP contribution in [0, 0.1) is 0 Å². The second-order valence-corrected chi connectivity index (χ2v) is 2.93. The Morgan fingerprint density at radius 2 is 2.50 bits per heavy atom. The molecule has 0 aliphatic rings.